The van der Waals surface area contributed by atoms with Gasteiger partial charge in [-0.3, -0.25) is 4.98 Å². The lowest BCUT2D eigenvalue weighted by molar-refractivity contribution is 0.445. The largest absolute Gasteiger partial charge is 0.311 e. The first kappa shape index (κ1) is 12.8. The highest BCUT2D eigenvalue weighted by molar-refractivity contribution is 5.63. The molecule has 0 bridgehead atoms. The Labute approximate surface area is 109 Å². The number of aryl methyl sites for hydroxylation is 1. The van der Waals surface area contributed by atoms with Gasteiger partial charge < -0.3 is 5.32 Å². The van der Waals surface area contributed by atoms with Gasteiger partial charge in [0.1, 0.15) is 0 Å². The summed E-state index contributed by atoms with van der Waals surface area (Å²) in [5.74, 6) is 0. The van der Waals surface area contributed by atoms with Crippen LogP contribution < -0.4 is 5.32 Å². The normalized spacial score (nSPS) is 11.6. The van der Waals surface area contributed by atoms with E-state index in [2.05, 4.69) is 61.4 Å². The van der Waals surface area contributed by atoms with Crippen molar-refractivity contribution in [1.82, 2.24) is 10.3 Å². The molecule has 0 amide bonds. The molecule has 0 saturated carbocycles. The summed E-state index contributed by atoms with van der Waals surface area (Å²) in [5.41, 5.74) is 4.86. The van der Waals surface area contributed by atoms with E-state index in [1.165, 1.54) is 22.3 Å². The van der Waals surface area contributed by atoms with Crippen molar-refractivity contribution in [2.24, 2.45) is 0 Å². The van der Waals surface area contributed by atoms with Gasteiger partial charge in [-0.1, -0.05) is 24.3 Å². The van der Waals surface area contributed by atoms with Crippen molar-refractivity contribution in [3.05, 3.63) is 53.9 Å². The minimum Gasteiger partial charge on any atom is -0.311 e. The Morgan fingerprint density at radius 3 is 2.22 bits per heavy atom. The van der Waals surface area contributed by atoms with Crippen LogP contribution in [0.1, 0.15) is 25.0 Å². The highest BCUT2D eigenvalue weighted by atomic mass is 14.9. The molecule has 0 atom stereocenters. The van der Waals surface area contributed by atoms with E-state index in [0.717, 1.165) is 0 Å². The number of nitrogens with one attached hydrogen (secondary N) is 1. The molecule has 0 fully saturated rings. The van der Waals surface area contributed by atoms with Crippen molar-refractivity contribution < 1.29 is 0 Å². The SMILES string of the molecule is CNC(C)(C)c1ccc(-c2cncc(C)c2)cc1. The zero-order valence-electron chi connectivity index (χ0n) is 11.5. The van der Waals surface area contributed by atoms with Gasteiger partial charge in [-0.2, -0.15) is 0 Å². The van der Waals surface area contributed by atoms with Gasteiger partial charge in [-0.15, -0.1) is 0 Å². The predicted octanol–water partition coefficient (Wildman–Crippen LogP) is 3.51. The van der Waals surface area contributed by atoms with Crippen LogP contribution in [0, 0.1) is 6.92 Å². The summed E-state index contributed by atoms with van der Waals surface area (Å²) in [7, 11) is 1.98. The van der Waals surface area contributed by atoms with Gasteiger partial charge in [0.25, 0.3) is 0 Å². The van der Waals surface area contributed by atoms with Gasteiger partial charge in [-0.25, -0.2) is 0 Å². The standard InChI is InChI=1S/C16H20N2/c1-12-9-14(11-18-10-12)13-5-7-15(8-6-13)16(2,3)17-4/h5-11,17H,1-4H3. The number of hydrogen-bond acceptors (Lipinski definition) is 2. The first-order valence-corrected chi connectivity index (χ1v) is 6.24. The second-order valence-electron chi connectivity index (χ2n) is 5.20. The molecule has 94 valence electrons. The van der Waals surface area contributed by atoms with E-state index in [1.807, 2.05) is 19.4 Å². The van der Waals surface area contributed by atoms with E-state index < -0.39 is 0 Å². The molecule has 1 N–H and O–H groups in total. The second kappa shape index (κ2) is 4.91. The van der Waals surface area contributed by atoms with Gasteiger partial charge >= 0.3 is 0 Å². The minimum atomic E-state index is 0.00336. The summed E-state index contributed by atoms with van der Waals surface area (Å²) < 4.78 is 0. The van der Waals surface area contributed by atoms with Crippen molar-refractivity contribution in [1.29, 1.82) is 0 Å². The Bertz CT molecular complexity index is 527. The third-order valence-electron chi connectivity index (χ3n) is 3.44. The maximum absolute atomic E-state index is 4.24. The average molecular weight is 240 g/mol. The molecule has 1 aromatic heterocycles. The van der Waals surface area contributed by atoms with Crippen molar-refractivity contribution in [2.75, 3.05) is 7.05 Å². The summed E-state index contributed by atoms with van der Waals surface area (Å²) in [6, 6.07) is 10.8. The fourth-order valence-electron chi connectivity index (χ4n) is 1.94. The van der Waals surface area contributed by atoms with Crippen LogP contribution in [0.3, 0.4) is 0 Å². The number of pyridine rings is 1. The van der Waals surface area contributed by atoms with Crippen LogP contribution >= 0.6 is 0 Å². The molecule has 0 spiro atoms. The lowest BCUT2D eigenvalue weighted by Gasteiger charge is -2.24. The number of nitrogens with zero attached hydrogens (tertiary/aromatic N) is 1. The molecule has 2 aromatic rings. The third kappa shape index (κ3) is 2.59. The lowest BCUT2D eigenvalue weighted by atomic mass is 9.93. The molecule has 2 heteroatoms. The molecular formula is C16H20N2. The van der Waals surface area contributed by atoms with Gasteiger partial charge in [-0.05, 0) is 50.6 Å². The lowest BCUT2D eigenvalue weighted by Crippen LogP contribution is -2.32. The van der Waals surface area contributed by atoms with Crippen molar-refractivity contribution >= 4 is 0 Å². The van der Waals surface area contributed by atoms with Gasteiger partial charge in [0.2, 0.25) is 0 Å². The third-order valence-corrected chi connectivity index (χ3v) is 3.44. The summed E-state index contributed by atoms with van der Waals surface area (Å²) >= 11 is 0. The summed E-state index contributed by atoms with van der Waals surface area (Å²) in [6.45, 7) is 6.42. The van der Waals surface area contributed by atoms with Crippen LogP contribution in [0.2, 0.25) is 0 Å². The number of aromatic nitrogens is 1. The Morgan fingerprint density at radius 1 is 1.00 bits per heavy atom. The van der Waals surface area contributed by atoms with E-state index >= 15 is 0 Å². The molecule has 1 aromatic carbocycles. The molecule has 0 radical (unpaired) electrons. The van der Waals surface area contributed by atoms with Crippen LogP contribution in [0.15, 0.2) is 42.7 Å². The molecule has 2 rings (SSSR count). The average Bonchev–Trinajstić information content (AvgIpc) is 2.39. The van der Waals surface area contributed by atoms with E-state index in [-0.39, 0.29) is 5.54 Å². The first-order chi connectivity index (χ1) is 8.53. The van der Waals surface area contributed by atoms with E-state index in [1.54, 1.807) is 0 Å². The molecular weight excluding hydrogens is 220 g/mol. The predicted molar refractivity (Wildman–Crippen MR) is 76.5 cm³/mol. The topological polar surface area (TPSA) is 24.9 Å². The van der Waals surface area contributed by atoms with Crippen molar-refractivity contribution in [3.63, 3.8) is 0 Å². The molecule has 0 unspecified atom stereocenters. The van der Waals surface area contributed by atoms with Crippen LogP contribution in [-0.2, 0) is 5.54 Å². The molecule has 18 heavy (non-hydrogen) atoms. The maximum Gasteiger partial charge on any atom is 0.0374 e. The van der Waals surface area contributed by atoms with Crippen molar-refractivity contribution in [2.45, 2.75) is 26.3 Å². The monoisotopic (exact) mass is 240 g/mol. The fourth-order valence-corrected chi connectivity index (χ4v) is 1.94. The van der Waals surface area contributed by atoms with E-state index in [0.29, 0.717) is 0 Å². The highest BCUT2D eigenvalue weighted by Gasteiger charge is 2.17. The first-order valence-electron chi connectivity index (χ1n) is 6.24. The molecule has 0 saturated heterocycles. The second-order valence-corrected chi connectivity index (χ2v) is 5.20. The van der Waals surface area contributed by atoms with E-state index in [4.69, 9.17) is 0 Å². The Morgan fingerprint density at radius 2 is 1.67 bits per heavy atom. The molecule has 0 aliphatic carbocycles. The molecule has 0 aliphatic heterocycles. The fraction of sp³-hybridized carbons (Fsp3) is 0.312. The summed E-state index contributed by atoms with van der Waals surface area (Å²) in [6.07, 6.45) is 3.78. The molecule has 0 aliphatic rings. The van der Waals surface area contributed by atoms with E-state index in [9.17, 15) is 0 Å². The molecule has 2 nitrogen and oxygen atoms in total. The smallest absolute Gasteiger partial charge is 0.0374 e. The Hall–Kier alpha value is -1.67. The Balaban J connectivity index is 2.33. The zero-order valence-corrected chi connectivity index (χ0v) is 11.5. The van der Waals surface area contributed by atoms with Crippen LogP contribution in [0.4, 0.5) is 0 Å². The van der Waals surface area contributed by atoms with Crippen LogP contribution in [-0.4, -0.2) is 12.0 Å². The quantitative estimate of drug-likeness (QED) is 0.888. The minimum absolute atomic E-state index is 0.00336. The highest BCUT2D eigenvalue weighted by Crippen LogP contribution is 2.24. The number of benzene rings is 1. The number of rotatable bonds is 3. The molecule has 1 heterocycles. The summed E-state index contributed by atoms with van der Waals surface area (Å²) in [4.78, 5) is 4.24. The Kier molecular flexibility index (Phi) is 3.48. The van der Waals surface area contributed by atoms with Crippen molar-refractivity contribution in [3.8, 4) is 11.1 Å². The van der Waals surface area contributed by atoms with Gasteiger partial charge in [0.15, 0.2) is 0 Å². The summed E-state index contributed by atoms with van der Waals surface area (Å²) in [5, 5.41) is 3.31. The van der Waals surface area contributed by atoms with Gasteiger partial charge in [0.05, 0.1) is 0 Å². The maximum atomic E-state index is 4.24. The number of hydrogen-bond donors (Lipinski definition) is 1. The van der Waals surface area contributed by atoms with Crippen LogP contribution in [0.5, 0.6) is 0 Å². The van der Waals surface area contributed by atoms with Gasteiger partial charge in [0, 0.05) is 23.5 Å². The zero-order chi connectivity index (χ0) is 13.2. The van der Waals surface area contributed by atoms with Crippen LogP contribution in [0.25, 0.3) is 11.1 Å².